The first-order valence-electron chi connectivity index (χ1n) is 9.99. The minimum Gasteiger partial charge on any atom is -0.298 e. The molecule has 2 aliphatic rings. The number of piperidine rings is 1. The third-order valence-electron chi connectivity index (χ3n) is 6.02. The molecule has 3 heterocycles. The van der Waals surface area contributed by atoms with Gasteiger partial charge >= 0.3 is 0 Å². The molecule has 144 valence electrons. The molecule has 5 heteroatoms. The van der Waals surface area contributed by atoms with Crippen LogP contribution in [0.15, 0.2) is 41.8 Å². The molecule has 0 N–H and O–H groups in total. The molecule has 1 unspecified atom stereocenters. The SMILES string of the molecule is CSc1ncc(CN2CCC3(CCCN(Cc4cccc(C)c4)C3)C2)cn1. The summed E-state index contributed by atoms with van der Waals surface area (Å²) in [6.07, 6.45) is 10.0. The fraction of sp³-hybridized carbons (Fsp3) is 0.545. The van der Waals surface area contributed by atoms with Gasteiger partial charge in [0, 0.05) is 44.1 Å². The molecule has 1 aromatic heterocycles. The number of thioether (sulfide) groups is 1. The Morgan fingerprint density at radius 3 is 2.48 bits per heavy atom. The maximum Gasteiger partial charge on any atom is 0.187 e. The molecule has 27 heavy (non-hydrogen) atoms. The van der Waals surface area contributed by atoms with Gasteiger partial charge in [0.2, 0.25) is 0 Å². The zero-order valence-corrected chi connectivity index (χ0v) is 17.3. The number of hydrogen-bond acceptors (Lipinski definition) is 5. The van der Waals surface area contributed by atoms with Gasteiger partial charge in [-0.05, 0) is 56.5 Å². The van der Waals surface area contributed by atoms with Gasteiger partial charge in [-0.1, -0.05) is 41.6 Å². The molecule has 4 nitrogen and oxygen atoms in total. The van der Waals surface area contributed by atoms with Crippen molar-refractivity contribution in [1.82, 2.24) is 19.8 Å². The number of likely N-dealkylation sites (tertiary alicyclic amines) is 2. The molecule has 0 radical (unpaired) electrons. The number of aromatic nitrogens is 2. The highest BCUT2D eigenvalue weighted by Gasteiger charge is 2.41. The molecular weight excluding hydrogens is 352 g/mol. The number of rotatable bonds is 5. The molecule has 2 fully saturated rings. The summed E-state index contributed by atoms with van der Waals surface area (Å²) < 4.78 is 0. The Bertz CT molecular complexity index is 763. The Kier molecular flexibility index (Phi) is 5.81. The van der Waals surface area contributed by atoms with E-state index in [1.165, 1.54) is 62.1 Å². The average Bonchev–Trinajstić information content (AvgIpc) is 3.04. The summed E-state index contributed by atoms with van der Waals surface area (Å²) in [5.74, 6) is 0. The molecular formula is C22H30N4S. The van der Waals surface area contributed by atoms with E-state index >= 15 is 0 Å². The van der Waals surface area contributed by atoms with Gasteiger partial charge in [0.25, 0.3) is 0 Å². The van der Waals surface area contributed by atoms with E-state index in [1.807, 2.05) is 18.6 Å². The number of hydrogen-bond donors (Lipinski definition) is 0. The first-order chi connectivity index (χ1) is 13.1. The molecule has 0 saturated carbocycles. The van der Waals surface area contributed by atoms with Crippen molar-refractivity contribution in [1.29, 1.82) is 0 Å². The molecule has 2 aliphatic heterocycles. The van der Waals surface area contributed by atoms with Crippen molar-refractivity contribution in [2.75, 3.05) is 32.4 Å². The van der Waals surface area contributed by atoms with E-state index in [9.17, 15) is 0 Å². The number of benzene rings is 1. The van der Waals surface area contributed by atoms with Gasteiger partial charge in [0.1, 0.15) is 0 Å². The predicted octanol–water partition coefficient (Wildman–Crippen LogP) is 4.00. The van der Waals surface area contributed by atoms with Gasteiger partial charge in [-0.3, -0.25) is 9.80 Å². The normalized spacial score (nSPS) is 23.9. The van der Waals surface area contributed by atoms with Gasteiger partial charge in [-0.25, -0.2) is 9.97 Å². The first kappa shape index (κ1) is 18.9. The highest BCUT2D eigenvalue weighted by Crippen LogP contribution is 2.39. The summed E-state index contributed by atoms with van der Waals surface area (Å²) in [4.78, 5) is 14.1. The van der Waals surface area contributed by atoms with Crippen molar-refractivity contribution in [3.8, 4) is 0 Å². The van der Waals surface area contributed by atoms with Crippen LogP contribution in [0.2, 0.25) is 0 Å². The molecule has 1 aromatic carbocycles. The second-order valence-electron chi connectivity index (χ2n) is 8.34. The second-order valence-corrected chi connectivity index (χ2v) is 9.12. The Morgan fingerprint density at radius 2 is 1.74 bits per heavy atom. The Morgan fingerprint density at radius 1 is 1.00 bits per heavy atom. The molecule has 1 atom stereocenters. The van der Waals surface area contributed by atoms with Gasteiger partial charge < -0.3 is 0 Å². The van der Waals surface area contributed by atoms with Crippen LogP contribution in [-0.2, 0) is 13.1 Å². The predicted molar refractivity (Wildman–Crippen MR) is 112 cm³/mol. The van der Waals surface area contributed by atoms with E-state index in [-0.39, 0.29) is 0 Å². The van der Waals surface area contributed by atoms with E-state index in [1.54, 1.807) is 11.8 Å². The summed E-state index contributed by atoms with van der Waals surface area (Å²) in [7, 11) is 0. The fourth-order valence-electron chi connectivity index (χ4n) is 4.80. The monoisotopic (exact) mass is 382 g/mol. The third kappa shape index (κ3) is 4.71. The van der Waals surface area contributed by atoms with Crippen LogP contribution in [-0.4, -0.2) is 52.2 Å². The zero-order valence-electron chi connectivity index (χ0n) is 16.5. The van der Waals surface area contributed by atoms with Crippen LogP contribution in [0.3, 0.4) is 0 Å². The molecule has 2 aromatic rings. The summed E-state index contributed by atoms with van der Waals surface area (Å²) in [5.41, 5.74) is 4.52. The molecule has 0 amide bonds. The van der Waals surface area contributed by atoms with Crippen LogP contribution >= 0.6 is 11.8 Å². The molecule has 4 rings (SSSR count). The van der Waals surface area contributed by atoms with Crippen LogP contribution in [0.4, 0.5) is 0 Å². The second kappa shape index (κ2) is 8.29. The molecule has 1 spiro atoms. The molecule has 2 saturated heterocycles. The van der Waals surface area contributed by atoms with E-state index < -0.39 is 0 Å². The average molecular weight is 383 g/mol. The van der Waals surface area contributed by atoms with Crippen molar-refractivity contribution in [2.45, 2.75) is 44.4 Å². The van der Waals surface area contributed by atoms with Crippen molar-refractivity contribution >= 4 is 11.8 Å². The summed E-state index contributed by atoms with van der Waals surface area (Å²) in [6.45, 7) is 9.14. The van der Waals surface area contributed by atoms with Crippen molar-refractivity contribution in [3.05, 3.63) is 53.3 Å². The Balaban J connectivity index is 1.35. The van der Waals surface area contributed by atoms with E-state index in [4.69, 9.17) is 0 Å². The quantitative estimate of drug-likeness (QED) is 0.577. The minimum atomic E-state index is 0.474. The van der Waals surface area contributed by atoms with E-state index in [0.717, 1.165) is 18.2 Å². The largest absolute Gasteiger partial charge is 0.298 e. The summed E-state index contributed by atoms with van der Waals surface area (Å²) in [6, 6.07) is 8.98. The van der Waals surface area contributed by atoms with E-state index in [2.05, 4.69) is 51.0 Å². The highest BCUT2D eigenvalue weighted by atomic mass is 32.2. The lowest BCUT2D eigenvalue weighted by atomic mass is 9.79. The maximum absolute atomic E-state index is 4.43. The van der Waals surface area contributed by atoms with Gasteiger partial charge in [0.05, 0.1) is 0 Å². The lowest BCUT2D eigenvalue weighted by molar-refractivity contribution is 0.0866. The highest BCUT2D eigenvalue weighted by molar-refractivity contribution is 7.98. The van der Waals surface area contributed by atoms with Crippen LogP contribution in [0.5, 0.6) is 0 Å². The van der Waals surface area contributed by atoms with Crippen molar-refractivity contribution in [2.24, 2.45) is 5.41 Å². The molecule has 0 aliphatic carbocycles. The number of nitrogens with zero attached hydrogens (tertiary/aromatic N) is 4. The van der Waals surface area contributed by atoms with Crippen molar-refractivity contribution in [3.63, 3.8) is 0 Å². The molecule has 0 bridgehead atoms. The maximum atomic E-state index is 4.43. The Labute approximate surface area is 167 Å². The lowest BCUT2D eigenvalue weighted by Crippen LogP contribution is -2.44. The van der Waals surface area contributed by atoms with Gasteiger partial charge in [0.15, 0.2) is 5.16 Å². The fourth-order valence-corrected chi connectivity index (χ4v) is 5.11. The van der Waals surface area contributed by atoms with Crippen LogP contribution < -0.4 is 0 Å². The van der Waals surface area contributed by atoms with E-state index in [0.29, 0.717) is 5.41 Å². The minimum absolute atomic E-state index is 0.474. The Hall–Kier alpha value is -1.43. The standard InChI is InChI=1S/C22H30N4S/c1-18-5-3-6-19(11-18)14-25-9-4-7-22(16-25)8-10-26(17-22)15-20-12-23-21(27-2)24-13-20/h3,5-6,11-13H,4,7-10,14-17H2,1-2H3. The van der Waals surface area contributed by atoms with Gasteiger partial charge in [-0.15, -0.1) is 0 Å². The topological polar surface area (TPSA) is 32.3 Å². The summed E-state index contributed by atoms with van der Waals surface area (Å²) in [5, 5.41) is 0.857. The lowest BCUT2D eigenvalue weighted by Gasteiger charge is -2.40. The summed E-state index contributed by atoms with van der Waals surface area (Å²) >= 11 is 1.60. The van der Waals surface area contributed by atoms with Crippen LogP contribution in [0.1, 0.15) is 36.0 Å². The van der Waals surface area contributed by atoms with Crippen LogP contribution in [0, 0.1) is 12.3 Å². The van der Waals surface area contributed by atoms with Crippen molar-refractivity contribution < 1.29 is 0 Å². The number of aryl methyl sites for hydroxylation is 1. The smallest absolute Gasteiger partial charge is 0.187 e. The zero-order chi connectivity index (χ0) is 18.7. The first-order valence-corrected chi connectivity index (χ1v) is 11.2. The third-order valence-corrected chi connectivity index (χ3v) is 6.59. The van der Waals surface area contributed by atoms with Gasteiger partial charge in [-0.2, -0.15) is 0 Å². The van der Waals surface area contributed by atoms with Crippen LogP contribution in [0.25, 0.3) is 0 Å².